The van der Waals surface area contributed by atoms with Crippen LogP contribution in [0.15, 0.2) is 103 Å². The van der Waals surface area contributed by atoms with Crippen molar-refractivity contribution in [3.63, 3.8) is 0 Å². The summed E-state index contributed by atoms with van der Waals surface area (Å²) < 4.78 is 2.14. The van der Waals surface area contributed by atoms with Crippen LogP contribution in [0.25, 0.3) is 11.3 Å². The third kappa shape index (κ3) is 3.07. The first-order chi connectivity index (χ1) is 12.3. The van der Waals surface area contributed by atoms with Gasteiger partial charge in [-0.2, -0.15) is 0 Å². The minimum atomic E-state index is 1.15. The van der Waals surface area contributed by atoms with Crippen LogP contribution in [0.5, 0.6) is 0 Å². The topological polar surface area (TPSA) is 8.17 Å². The Bertz CT molecular complexity index is 899. The van der Waals surface area contributed by atoms with Gasteiger partial charge in [0.1, 0.15) is 0 Å². The largest absolute Gasteiger partial charge is 0.351 e. The van der Waals surface area contributed by atoms with Crippen LogP contribution in [0.2, 0.25) is 0 Å². The number of nitrogens with zero attached hydrogens (tertiary/aromatic N) is 2. The molecular weight excluding hydrogens is 304 g/mol. The van der Waals surface area contributed by atoms with Gasteiger partial charge in [-0.15, -0.1) is 0 Å². The van der Waals surface area contributed by atoms with E-state index in [1.807, 2.05) is 12.1 Å². The van der Waals surface area contributed by atoms with Crippen molar-refractivity contribution in [2.24, 2.45) is 7.05 Å². The molecule has 122 valence electrons. The van der Waals surface area contributed by atoms with Gasteiger partial charge < -0.3 is 9.47 Å². The molecule has 0 spiro atoms. The number of para-hydroxylation sites is 2. The molecule has 0 atom stereocenters. The molecular formula is C23H20N2. The summed E-state index contributed by atoms with van der Waals surface area (Å²) in [4.78, 5) is 2.27. The SMILES string of the molecule is Cn1cccc1-c1ccc(N(c2ccccc2)c2ccccc2)cc1. The Morgan fingerprint density at radius 1 is 0.560 bits per heavy atom. The summed E-state index contributed by atoms with van der Waals surface area (Å²) in [6, 6.07) is 33.9. The Labute approximate surface area is 148 Å². The van der Waals surface area contributed by atoms with E-state index in [0.717, 1.165) is 17.1 Å². The molecule has 0 bridgehead atoms. The number of rotatable bonds is 4. The highest BCUT2D eigenvalue weighted by Gasteiger charge is 2.12. The molecule has 4 rings (SSSR count). The van der Waals surface area contributed by atoms with Gasteiger partial charge in [0, 0.05) is 36.0 Å². The van der Waals surface area contributed by atoms with E-state index in [0.29, 0.717) is 0 Å². The standard InChI is InChI=1S/C23H20N2/c1-24-18-8-13-23(24)19-14-16-22(17-15-19)25(20-9-4-2-5-10-20)21-11-6-3-7-12-21/h2-18H,1H3. The van der Waals surface area contributed by atoms with Gasteiger partial charge in [0.05, 0.1) is 0 Å². The van der Waals surface area contributed by atoms with Crippen molar-refractivity contribution in [1.29, 1.82) is 0 Å². The smallest absolute Gasteiger partial charge is 0.0477 e. The summed E-state index contributed by atoms with van der Waals surface area (Å²) in [5.41, 5.74) is 5.89. The minimum Gasteiger partial charge on any atom is -0.351 e. The van der Waals surface area contributed by atoms with E-state index >= 15 is 0 Å². The van der Waals surface area contributed by atoms with E-state index in [4.69, 9.17) is 0 Å². The van der Waals surface area contributed by atoms with E-state index in [9.17, 15) is 0 Å². The van der Waals surface area contributed by atoms with Gasteiger partial charge in [-0.05, 0) is 54.1 Å². The van der Waals surface area contributed by atoms with Gasteiger partial charge in [-0.3, -0.25) is 0 Å². The Hall–Kier alpha value is -3.26. The molecule has 0 saturated carbocycles. The predicted molar refractivity (Wildman–Crippen MR) is 106 cm³/mol. The summed E-state index contributed by atoms with van der Waals surface area (Å²) in [7, 11) is 2.07. The molecule has 0 saturated heterocycles. The number of hydrogen-bond donors (Lipinski definition) is 0. The van der Waals surface area contributed by atoms with Gasteiger partial charge in [0.15, 0.2) is 0 Å². The first-order valence-electron chi connectivity index (χ1n) is 8.45. The molecule has 1 aromatic heterocycles. The first kappa shape index (κ1) is 15.3. The number of aryl methyl sites for hydroxylation is 1. The fourth-order valence-electron chi connectivity index (χ4n) is 3.14. The second-order valence-electron chi connectivity index (χ2n) is 6.06. The molecule has 3 aromatic carbocycles. The summed E-state index contributed by atoms with van der Waals surface area (Å²) in [6.45, 7) is 0. The van der Waals surface area contributed by atoms with Crippen LogP contribution in [0.3, 0.4) is 0 Å². The maximum Gasteiger partial charge on any atom is 0.0477 e. The lowest BCUT2D eigenvalue weighted by atomic mass is 10.1. The second-order valence-corrected chi connectivity index (χ2v) is 6.06. The number of hydrogen-bond acceptors (Lipinski definition) is 1. The summed E-state index contributed by atoms with van der Waals surface area (Å²) in [5, 5.41) is 0. The molecule has 1 heterocycles. The summed E-state index contributed by atoms with van der Waals surface area (Å²) in [6.07, 6.45) is 2.07. The Morgan fingerprint density at radius 2 is 1.08 bits per heavy atom. The Balaban J connectivity index is 1.77. The fraction of sp³-hybridized carbons (Fsp3) is 0.0435. The predicted octanol–water partition coefficient (Wildman–Crippen LogP) is 6.16. The van der Waals surface area contributed by atoms with Crippen molar-refractivity contribution in [2.45, 2.75) is 0 Å². The summed E-state index contributed by atoms with van der Waals surface area (Å²) in [5.74, 6) is 0. The molecule has 4 aromatic rings. The van der Waals surface area contributed by atoms with Crippen LogP contribution in [0.4, 0.5) is 17.1 Å². The average molecular weight is 324 g/mol. The quantitative estimate of drug-likeness (QED) is 0.436. The molecule has 0 aliphatic heterocycles. The van der Waals surface area contributed by atoms with E-state index in [2.05, 4.69) is 108 Å². The second kappa shape index (κ2) is 6.70. The van der Waals surface area contributed by atoms with Crippen molar-refractivity contribution >= 4 is 17.1 Å². The Morgan fingerprint density at radius 3 is 1.56 bits per heavy atom. The zero-order valence-corrected chi connectivity index (χ0v) is 14.2. The van der Waals surface area contributed by atoms with Crippen LogP contribution >= 0.6 is 0 Å². The van der Waals surface area contributed by atoms with Crippen molar-refractivity contribution in [2.75, 3.05) is 4.90 Å². The monoisotopic (exact) mass is 324 g/mol. The summed E-state index contributed by atoms with van der Waals surface area (Å²) >= 11 is 0. The van der Waals surface area contributed by atoms with Gasteiger partial charge in [0.2, 0.25) is 0 Å². The van der Waals surface area contributed by atoms with E-state index < -0.39 is 0 Å². The van der Waals surface area contributed by atoms with Gasteiger partial charge in [-0.1, -0.05) is 48.5 Å². The lowest BCUT2D eigenvalue weighted by molar-refractivity contribution is 0.937. The maximum atomic E-state index is 2.27. The molecule has 25 heavy (non-hydrogen) atoms. The van der Waals surface area contributed by atoms with Crippen LogP contribution in [-0.4, -0.2) is 4.57 Å². The highest BCUT2D eigenvalue weighted by molar-refractivity contribution is 5.77. The van der Waals surface area contributed by atoms with Crippen LogP contribution in [0, 0.1) is 0 Å². The van der Waals surface area contributed by atoms with Crippen molar-refractivity contribution in [3.8, 4) is 11.3 Å². The molecule has 0 N–H and O–H groups in total. The molecule has 2 heteroatoms. The van der Waals surface area contributed by atoms with E-state index in [1.54, 1.807) is 0 Å². The van der Waals surface area contributed by atoms with Gasteiger partial charge in [-0.25, -0.2) is 0 Å². The van der Waals surface area contributed by atoms with Crippen molar-refractivity contribution in [3.05, 3.63) is 103 Å². The molecule has 0 aliphatic carbocycles. The highest BCUT2D eigenvalue weighted by Crippen LogP contribution is 2.35. The molecule has 0 fully saturated rings. The Kier molecular flexibility index (Phi) is 4.09. The van der Waals surface area contributed by atoms with Crippen LogP contribution in [-0.2, 0) is 7.05 Å². The fourth-order valence-corrected chi connectivity index (χ4v) is 3.14. The van der Waals surface area contributed by atoms with Gasteiger partial charge in [0.25, 0.3) is 0 Å². The van der Waals surface area contributed by atoms with Crippen LogP contribution in [0.1, 0.15) is 0 Å². The molecule has 0 unspecified atom stereocenters. The average Bonchev–Trinajstić information content (AvgIpc) is 3.10. The molecule has 0 radical (unpaired) electrons. The number of aromatic nitrogens is 1. The van der Waals surface area contributed by atoms with E-state index in [-0.39, 0.29) is 0 Å². The minimum absolute atomic E-state index is 1.15. The first-order valence-corrected chi connectivity index (χ1v) is 8.45. The third-order valence-electron chi connectivity index (χ3n) is 4.39. The molecule has 0 aliphatic rings. The lowest BCUT2D eigenvalue weighted by Crippen LogP contribution is -2.09. The molecule has 2 nitrogen and oxygen atoms in total. The third-order valence-corrected chi connectivity index (χ3v) is 4.39. The zero-order valence-electron chi connectivity index (χ0n) is 14.2. The zero-order chi connectivity index (χ0) is 17.1. The lowest BCUT2D eigenvalue weighted by Gasteiger charge is -2.25. The maximum absolute atomic E-state index is 2.27. The van der Waals surface area contributed by atoms with E-state index in [1.165, 1.54) is 11.3 Å². The number of benzene rings is 3. The van der Waals surface area contributed by atoms with Crippen molar-refractivity contribution < 1.29 is 0 Å². The molecule has 0 amide bonds. The van der Waals surface area contributed by atoms with Crippen molar-refractivity contribution in [1.82, 2.24) is 4.57 Å². The van der Waals surface area contributed by atoms with Crippen LogP contribution < -0.4 is 4.90 Å². The van der Waals surface area contributed by atoms with Gasteiger partial charge >= 0.3 is 0 Å². The highest BCUT2D eigenvalue weighted by atomic mass is 15.1. The normalized spacial score (nSPS) is 10.6. The number of anilines is 3.